The number of carbonyl (C=O) groups excluding carboxylic acids is 1. The Hall–Kier alpha value is -2.41. The molecule has 122 valence electrons. The van der Waals surface area contributed by atoms with Crippen molar-refractivity contribution in [3.8, 4) is 5.75 Å². The smallest absolute Gasteiger partial charge is 0.261 e. The predicted octanol–water partition coefficient (Wildman–Crippen LogP) is 2.54. The van der Waals surface area contributed by atoms with E-state index in [0.29, 0.717) is 25.5 Å². The molecule has 1 saturated heterocycles. The van der Waals surface area contributed by atoms with Crippen LogP contribution in [0.3, 0.4) is 0 Å². The van der Waals surface area contributed by atoms with Crippen molar-refractivity contribution in [2.24, 2.45) is 0 Å². The van der Waals surface area contributed by atoms with Crippen LogP contribution in [0.5, 0.6) is 5.75 Å². The first kappa shape index (κ1) is 15.5. The number of furan rings is 1. The van der Waals surface area contributed by atoms with Crippen molar-refractivity contribution in [3.63, 3.8) is 0 Å². The number of morpholine rings is 1. The predicted molar refractivity (Wildman–Crippen MR) is 75.8 cm³/mol. The summed E-state index contributed by atoms with van der Waals surface area (Å²) in [5.41, 5.74) is 0. The second-order valence-electron chi connectivity index (χ2n) is 5.06. The van der Waals surface area contributed by atoms with Gasteiger partial charge >= 0.3 is 0 Å². The van der Waals surface area contributed by atoms with E-state index in [2.05, 4.69) is 0 Å². The van der Waals surface area contributed by atoms with Gasteiger partial charge in [0.1, 0.15) is 17.6 Å². The zero-order valence-electron chi connectivity index (χ0n) is 12.2. The molecule has 1 aliphatic heterocycles. The second kappa shape index (κ2) is 6.78. The first-order valence-corrected chi connectivity index (χ1v) is 7.13. The lowest BCUT2D eigenvalue weighted by atomic mass is 10.1. The molecule has 1 aliphatic rings. The van der Waals surface area contributed by atoms with Gasteiger partial charge in [0.2, 0.25) is 0 Å². The van der Waals surface area contributed by atoms with Crippen molar-refractivity contribution in [1.29, 1.82) is 0 Å². The Kier molecular flexibility index (Phi) is 4.57. The zero-order chi connectivity index (χ0) is 16.2. The van der Waals surface area contributed by atoms with Gasteiger partial charge in [0, 0.05) is 12.6 Å². The van der Waals surface area contributed by atoms with Crippen molar-refractivity contribution in [3.05, 3.63) is 54.0 Å². The molecule has 0 N–H and O–H groups in total. The molecule has 1 fully saturated rings. The van der Waals surface area contributed by atoms with Crippen LogP contribution in [0.4, 0.5) is 8.78 Å². The molecule has 0 radical (unpaired) electrons. The van der Waals surface area contributed by atoms with Crippen LogP contribution in [0.2, 0.25) is 0 Å². The van der Waals surface area contributed by atoms with Crippen molar-refractivity contribution in [2.45, 2.75) is 6.04 Å². The first-order valence-electron chi connectivity index (χ1n) is 7.13. The summed E-state index contributed by atoms with van der Waals surface area (Å²) in [4.78, 5) is 14.0. The third-order valence-electron chi connectivity index (χ3n) is 3.57. The van der Waals surface area contributed by atoms with Gasteiger partial charge in [-0.3, -0.25) is 4.79 Å². The fourth-order valence-corrected chi connectivity index (χ4v) is 2.41. The lowest BCUT2D eigenvalue weighted by Crippen LogP contribution is -2.45. The van der Waals surface area contributed by atoms with Crippen LogP contribution in [-0.4, -0.2) is 37.2 Å². The monoisotopic (exact) mass is 323 g/mol. The van der Waals surface area contributed by atoms with Gasteiger partial charge in [0.15, 0.2) is 18.2 Å². The molecule has 0 aliphatic carbocycles. The Morgan fingerprint density at radius 1 is 1.30 bits per heavy atom. The van der Waals surface area contributed by atoms with Gasteiger partial charge in [-0.15, -0.1) is 0 Å². The molecule has 1 aromatic carbocycles. The van der Waals surface area contributed by atoms with Gasteiger partial charge in [-0.1, -0.05) is 0 Å². The lowest BCUT2D eigenvalue weighted by molar-refractivity contribution is -0.143. The molecule has 3 rings (SSSR count). The Morgan fingerprint density at radius 3 is 2.91 bits per heavy atom. The Bertz CT molecular complexity index is 675. The first-order chi connectivity index (χ1) is 11.1. The second-order valence-corrected chi connectivity index (χ2v) is 5.06. The molecule has 5 nitrogen and oxygen atoms in total. The van der Waals surface area contributed by atoms with Crippen LogP contribution < -0.4 is 4.74 Å². The van der Waals surface area contributed by atoms with E-state index in [4.69, 9.17) is 13.9 Å². The van der Waals surface area contributed by atoms with Gasteiger partial charge < -0.3 is 18.8 Å². The molecule has 7 heteroatoms. The topological polar surface area (TPSA) is 51.9 Å². The van der Waals surface area contributed by atoms with Crippen LogP contribution >= 0.6 is 0 Å². The Labute approximate surface area is 131 Å². The molecule has 2 aromatic rings. The quantitative estimate of drug-likeness (QED) is 0.868. The average molecular weight is 323 g/mol. The molecular weight excluding hydrogens is 308 g/mol. The number of halogens is 2. The molecule has 1 unspecified atom stereocenters. The number of benzene rings is 1. The fraction of sp³-hybridized carbons (Fsp3) is 0.312. The largest absolute Gasteiger partial charge is 0.484 e. The lowest BCUT2D eigenvalue weighted by Gasteiger charge is -2.34. The highest BCUT2D eigenvalue weighted by molar-refractivity contribution is 5.78. The number of hydrogen-bond donors (Lipinski definition) is 0. The highest BCUT2D eigenvalue weighted by Gasteiger charge is 2.30. The summed E-state index contributed by atoms with van der Waals surface area (Å²) in [6, 6.07) is 6.33. The maximum Gasteiger partial charge on any atom is 0.261 e. The maximum absolute atomic E-state index is 13.1. The third kappa shape index (κ3) is 3.50. The minimum absolute atomic E-state index is 0.0973. The maximum atomic E-state index is 13.1. The summed E-state index contributed by atoms with van der Waals surface area (Å²) in [7, 11) is 0. The highest BCUT2D eigenvalue weighted by atomic mass is 19.2. The highest BCUT2D eigenvalue weighted by Crippen LogP contribution is 2.25. The van der Waals surface area contributed by atoms with E-state index >= 15 is 0 Å². The number of ether oxygens (including phenoxy) is 2. The van der Waals surface area contributed by atoms with Crippen LogP contribution in [0.25, 0.3) is 0 Å². The van der Waals surface area contributed by atoms with Gasteiger partial charge in [-0.05, 0) is 24.3 Å². The van der Waals surface area contributed by atoms with Gasteiger partial charge in [-0.2, -0.15) is 0 Å². The van der Waals surface area contributed by atoms with Crippen molar-refractivity contribution < 1.29 is 27.5 Å². The molecule has 1 amide bonds. The van der Waals surface area contributed by atoms with Crippen LogP contribution in [0, 0.1) is 11.6 Å². The SMILES string of the molecule is O=C(COc1ccc(F)c(F)c1)N1CCOCC1c1ccco1. The molecule has 1 aromatic heterocycles. The fourth-order valence-electron chi connectivity index (χ4n) is 2.41. The summed E-state index contributed by atoms with van der Waals surface area (Å²) >= 11 is 0. The molecule has 0 spiro atoms. The number of hydrogen-bond acceptors (Lipinski definition) is 4. The van der Waals surface area contributed by atoms with Crippen molar-refractivity contribution in [2.75, 3.05) is 26.4 Å². The van der Waals surface area contributed by atoms with Gasteiger partial charge in [0.25, 0.3) is 5.91 Å². The standard InChI is InChI=1S/C16H15F2NO4/c17-12-4-3-11(8-13(12)18)23-10-16(20)19-5-7-21-9-14(19)15-2-1-6-22-15/h1-4,6,8,14H,5,7,9-10H2. The third-order valence-corrected chi connectivity index (χ3v) is 3.57. The summed E-state index contributed by atoms with van der Waals surface area (Å²) in [6.45, 7) is 0.895. The zero-order valence-corrected chi connectivity index (χ0v) is 12.2. The number of carbonyl (C=O) groups is 1. The molecular formula is C16H15F2NO4. The number of nitrogens with zero attached hydrogens (tertiary/aromatic N) is 1. The average Bonchev–Trinajstić information content (AvgIpc) is 3.10. The Morgan fingerprint density at radius 2 is 2.17 bits per heavy atom. The number of rotatable bonds is 4. The van der Waals surface area contributed by atoms with Crippen molar-refractivity contribution >= 4 is 5.91 Å². The molecule has 1 atom stereocenters. The summed E-state index contributed by atoms with van der Waals surface area (Å²) in [5, 5.41) is 0. The van der Waals surface area contributed by atoms with E-state index < -0.39 is 11.6 Å². The van der Waals surface area contributed by atoms with Crippen molar-refractivity contribution in [1.82, 2.24) is 4.90 Å². The molecule has 0 bridgehead atoms. The molecule has 2 heterocycles. The summed E-state index contributed by atoms with van der Waals surface area (Å²) < 4.78 is 42.0. The van der Waals surface area contributed by atoms with E-state index in [1.807, 2.05) is 0 Å². The summed E-state index contributed by atoms with van der Waals surface area (Å²) in [5.74, 6) is -1.53. The van der Waals surface area contributed by atoms with E-state index in [0.717, 1.165) is 12.1 Å². The van der Waals surface area contributed by atoms with E-state index in [9.17, 15) is 13.6 Å². The minimum Gasteiger partial charge on any atom is -0.484 e. The number of amides is 1. The molecule has 0 saturated carbocycles. The van der Waals surface area contributed by atoms with Crippen LogP contribution in [-0.2, 0) is 9.53 Å². The Balaban J connectivity index is 1.65. The van der Waals surface area contributed by atoms with Crippen LogP contribution in [0.1, 0.15) is 11.8 Å². The van der Waals surface area contributed by atoms with E-state index in [1.54, 1.807) is 17.0 Å². The van der Waals surface area contributed by atoms with Gasteiger partial charge in [-0.25, -0.2) is 8.78 Å². The molecule has 23 heavy (non-hydrogen) atoms. The van der Waals surface area contributed by atoms with E-state index in [-0.39, 0.29) is 24.3 Å². The minimum atomic E-state index is -1.02. The van der Waals surface area contributed by atoms with Crippen LogP contribution in [0.15, 0.2) is 41.0 Å². The normalized spacial score (nSPS) is 18.0. The summed E-state index contributed by atoms with van der Waals surface area (Å²) in [6.07, 6.45) is 1.53. The van der Waals surface area contributed by atoms with Gasteiger partial charge in [0.05, 0.1) is 19.5 Å². The van der Waals surface area contributed by atoms with E-state index in [1.165, 1.54) is 12.3 Å².